The van der Waals surface area contributed by atoms with Crippen molar-refractivity contribution in [1.29, 1.82) is 0 Å². The van der Waals surface area contributed by atoms with E-state index in [1.807, 2.05) is 67.8 Å². The molecule has 0 bridgehead atoms. The van der Waals surface area contributed by atoms with E-state index in [1.54, 1.807) is 12.1 Å². The van der Waals surface area contributed by atoms with E-state index < -0.39 is 5.97 Å². The minimum Gasteiger partial charge on any atom is -0.507 e. The Morgan fingerprint density at radius 2 is 1.53 bits per heavy atom. The van der Waals surface area contributed by atoms with Gasteiger partial charge in [0.15, 0.2) is 11.3 Å². The molecule has 2 N–H and O–H groups in total. The molecule has 0 saturated carbocycles. The standard InChI is InChI=1S/C20H5Cl4I3O5/c21-11-9(10(20(30)31)12(22)14(24)13(11)23)8-4-1-2-7(28)15(26)18(4)32-19-5(8)3-6(25)17(29)16(19)27/h1-3,28H,(H,30,31). The maximum absolute atomic E-state index is 12.6. The Balaban J connectivity index is 2.40. The first-order valence-corrected chi connectivity index (χ1v) is 13.1. The van der Waals surface area contributed by atoms with Crippen LogP contribution in [-0.2, 0) is 0 Å². The number of benzene rings is 3. The van der Waals surface area contributed by atoms with Gasteiger partial charge in [-0.1, -0.05) is 46.4 Å². The first-order valence-electron chi connectivity index (χ1n) is 8.32. The summed E-state index contributed by atoms with van der Waals surface area (Å²) < 4.78 is 7.09. The van der Waals surface area contributed by atoms with Crippen LogP contribution < -0.4 is 5.43 Å². The molecule has 0 amide bonds. The van der Waals surface area contributed by atoms with Gasteiger partial charge in [0.2, 0.25) is 5.43 Å². The number of carbonyl (C=O) groups is 1. The average Bonchev–Trinajstić information content (AvgIpc) is 2.75. The highest BCUT2D eigenvalue weighted by Gasteiger charge is 2.31. The number of fused-ring (bicyclic) bond motifs is 2. The van der Waals surface area contributed by atoms with Gasteiger partial charge in [0, 0.05) is 22.1 Å². The molecule has 0 saturated heterocycles. The first-order chi connectivity index (χ1) is 15.0. The number of phenols is 1. The summed E-state index contributed by atoms with van der Waals surface area (Å²) in [6.45, 7) is 0. The lowest BCUT2D eigenvalue weighted by Gasteiger charge is -2.21. The van der Waals surface area contributed by atoms with Gasteiger partial charge in [-0.15, -0.1) is 0 Å². The quantitative estimate of drug-likeness (QED) is 0.0917. The monoisotopic (exact) mass is 846 g/mol. The largest absolute Gasteiger partial charge is 0.507 e. The number of phenolic OH excluding ortho intramolecular Hbond substituents is 1. The second-order valence-corrected chi connectivity index (χ2v) is 11.3. The second kappa shape index (κ2) is 9.08. The number of carboxylic acids is 1. The third-order valence-corrected chi connectivity index (χ3v) is 9.31. The van der Waals surface area contributed by atoms with Gasteiger partial charge in [0.25, 0.3) is 0 Å². The van der Waals surface area contributed by atoms with Gasteiger partial charge >= 0.3 is 5.97 Å². The molecule has 5 nitrogen and oxygen atoms in total. The van der Waals surface area contributed by atoms with Crippen molar-refractivity contribution in [3.05, 3.63) is 64.8 Å². The molecule has 4 rings (SSSR count). The maximum Gasteiger partial charge on any atom is 0.337 e. The van der Waals surface area contributed by atoms with Gasteiger partial charge in [-0.2, -0.15) is 0 Å². The van der Waals surface area contributed by atoms with Crippen LogP contribution in [0.4, 0.5) is 0 Å². The zero-order chi connectivity index (χ0) is 23.6. The summed E-state index contributed by atoms with van der Waals surface area (Å²) >= 11 is 30.9. The lowest BCUT2D eigenvalue weighted by atomic mass is 9.90. The van der Waals surface area contributed by atoms with Gasteiger partial charge in [0.05, 0.1) is 32.8 Å². The first kappa shape index (κ1) is 24.9. The number of carboxylic acid groups (broad SMARTS) is 1. The van der Waals surface area contributed by atoms with Crippen molar-refractivity contribution >= 4 is 131 Å². The zero-order valence-electron chi connectivity index (χ0n) is 15.0. The summed E-state index contributed by atoms with van der Waals surface area (Å²) in [5.41, 5.74) is 0.417. The van der Waals surface area contributed by atoms with E-state index in [1.165, 1.54) is 6.07 Å². The average molecular weight is 848 g/mol. The van der Waals surface area contributed by atoms with Crippen LogP contribution in [0.5, 0.6) is 5.75 Å². The fourth-order valence-corrected chi connectivity index (χ4v) is 6.69. The molecule has 0 atom stereocenters. The SMILES string of the molecule is O=C(O)c1c(Cl)c(Cl)c(Cl)c(Cl)c1-c1c2cc(I)c(=O)c(I)c-2oc2c(I)c(O)ccc12. The Kier molecular flexibility index (Phi) is 7.05. The predicted octanol–water partition coefficient (Wildman–Crippen LogP) is 8.40. The van der Waals surface area contributed by atoms with Crippen molar-refractivity contribution in [2.24, 2.45) is 0 Å². The predicted molar refractivity (Wildman–Crippen MR) is 151 cm³/mol. The van der Waals surface area contributed by atoms with Crippen LogP contribution in [0.1, 0.15) is 10.4 Å². The van der Waals surface area contributed by atoms with E-state index in [0.29, 0.717) is 23.7 Å². The second-order valence-electron chi connectivity index (χ2n) is 6.44. The van der Waals surface area contributed by atoms with Gasteiger partial charge in [-0.05, 0) is 86.0 Å². The van der Waals surface area contributed by atoms with Gasteiger partial charge in [0.1, 0.15) is 9.32 Å². The minimum absolute atomic E-state index is 0.0242. The van der Waals surface area contributed by atoms with E-state index in [4.69, 9.17) is 50.8 Å². The van der Waals surface area contributed by atoms with E-state index in [2.05, 4.69) is 0 Å². The van der Waals surface area contributed by atoms with Crippen molar-refractivity contribution in [3.63, 3.8) is 0 Å². The topological polar surface area (TPSA) is 87.7 Å². The fraction of sp³-hybridized carbons (Fsp3) is 0. The van der Waals surface area contributed by atoms with Crippen LogP contribution in [0.2, 0.25) is 20.1 Å². The smallest absolute Gasteiger partial charge is 0.337 e. The van der Waals surface area contributed by atoms with Gasteiger partial charge < -0.3 is 14.6 Å². The summed E-state index contributed by atoms with van der Waals surface area (Å²) in [5, 5.41) is 20.0. The number of rotatable bonds is 2. The van der Waals surface area contributed by atoms with Crippen LogP contribution in [0.15, 0.2) is 27.4 Å². The molecule has 0 unspecified atom stereocenters. The molecule has 32 heavy (non-hydrogen) atoms. The highest BCUT2D eigenvalue weighted by atomic mass is 127. The number of aromatic hydroxyl groups is 1. The van der Waals surface area contributed by atoms with Crippen molar-refractivity contribution in [3.8, 4) is 28.2 Å². The summed E-state index contributed by atoms with van der Waals surface area (Å²) in [6.07, 6.45) is 0. The molecule has 1 heterocycles. The molecular formula is C20H5Cl4I3O5. The minimum atomic E-state index is -1.37. The third-order valence-electron chi connectivity index (χ3n) is 4.68. The Hall–Kier alpha value is -0.250. The lowest BCUT2D eigenvalue weighted by Crippen LogP contribution is -2.13. The van der Waals surface area contributed by atoms with E-state index in [0.717, 1.165) is 0 Å². The molecule has 0 radical (unpaired) electrons. The van der Waals surface area contributed by atoms with Crippen LogP contribution >= 0.6 is 114 Å². The van der Waals surface area contributed by atoms with Crippen molar-refractivity contribution in [2.75, 3.05) is 0 Å². The molecule has 164 valence electrons. The summed E-state index contributed by atoms with van der Waals surface area (Å²) in [6, 6.07) is 4.59. The molecule has 0 fully saturated rings. The van der Waals surface area contributed by atoms with E-state index in [9.17, 15) is 19.8 Å². The van der Waals surface area contributed by atoms with Crippen LogP contribution in [0, 0.1) is 10.7 Å². The van der Waals surface area contributed by atoms with Crippen molar-refractivity contribution in [2.45, 2.75) is 0 Å². The highest BCUT2D eigenvalue weighted by Crippen LogP contribution is 2.52. The molecule has 2 aliphatic rings. The Labute approximate surface area is 240 Å². The van der Waals surface area contributed by atoms with Crippen molar-refractivity contribution in [1.82, 2.24) is 0 Å². The van der Waals surface area contributed by atoms with E-state index >= 15 is 0 Å². The molecular weight excluding hydrogens is 843 g/mol. The number of hydrogen-bond acceptors (Lipinski definition) is 4. The molecule has 0 aromatic heterocycles. The van der Waals surface area contributed by atoms with Crippen LogP contribution in [0.3, 0.4) is 0 Å². The number of aromatic carboxylic acids is 1. The summed E-state index contributed by atoms with van der Waals surface area (Å²) in [7, 11) is 0. The summed E-state index contributed by atoms with van der Waals surface area (Å²) in [5.74, 6) is -1.21. The molecule has 2 aromatic carbocycles. The summed E-state index contributed by atoms with van der Waals surface area (Å²) in [4.78, 5) is 24.9. The molecule has 1 aliphatic carbocycles. The normalized spacial score (nSPS) is 11.5. The molecule has 0 spiro atoms. The van der Waals surface area contributed by atoms with Gasteiger partial charge in [-0.3, -0.25) is 4.79 Å². The molecule has 1 aliphatic heterocycles. The maximum atomic E-state index is 12.6. The van der Waals surface area contributed by atoms with Gasteiger partial charge in [-0.25, -0.2) is 4.79 Å². The van der Waals surface area contributed by atoms with E-state index in [-0.39, 0.29) is 57.3 Å². The van der Waals surface area contributed by atoms with Crippen molar-refractivity contribution < 1.29 is 19.4 Å². The third kappa shape index (κ3) is 3.77. The number of hydrogen-bond donors (Lipinski definition) is 2. The highest BCUT2D eigenvalue weighted by molar-refractivity contribution is 14.1. The van der Waals surface area contributed by atoms with Crippen LogP contribution in [-0.4, -0.2) is 16.2 Å². The Morgan fingerprint density at radius 3 is 2.16 bits per heavy atom. The fourth-order valence-electron chi connectivity index (χ4n) is 3.30. The number of halogens is 7. The Morgan fingerprint density at radius 1 is 0.906 bits per heavy atom. The molecule has 2 aromatic rings. The van der Waals surface area contributed by atoms with Crippen LogP contribution in [0.25, 0.3) is 33.4 Å². The zero-order valence-corrected chi connectivity index (χ0v) is 24.5. The Bertz CT molecular complexity index is 1520. The lowest BCUT2D eigenvalue weighted by molar-refractivity contribution is 0.0698. The molecule has 12 heteroatoms.